The Morgan fingerprint density at radius 3 is 3.00 bits per heavy atom. The molecule has 0 saturated heterocycles. The number of carbonyl (C=O) groups is 1. The first-order chi connectivity index (χ1) is 9.76. The van der Waals surface area contributed by atoms with E-state index in [1.165, 1.54) is 5.56 Å². The maximum absolute atomic E-state index is 11.1. The number of aromatic nitrogens is 1. The Morgan fingerprint density at radius 1 is 1.30 bits per heavy atom. The maximum atomic E-state index is 11.1. The van der Waals surface area contributed by atoms with E-state index in [0.717, 1.165) is 42.6 Å². The van der Waals surface area contributed by atoms with Gasteiger partial charge in [0.15, 0.2) is 0 Å². The lowest BCUT2D eigenvalue weighted by Crippen LogP contribution is -2.10. The standard InChI is InChI=1S/C17H17NO2/c1-12-4-2-7-17(18-12)20-15-8-9-16-13(10-15)5-3-6-14(16)11-19/h2,4,7-11,14H,3,5-6H2,1H3. The van der Waals surface area contributed by atoms with Crippen molar-refractivity contribution in [3.8, 4) is 11.6 Å². The lowest BCUT2D eigenvalue weighted by atomic mass is 9.83. The molecule has 2 aromatic rings. The summed E-state index contributed by atoms with van der Waals surface area (Å²) in [7, 11) is 0. The van der Waals surface area contributed by atoms with Crippen LogP contribution in [0.4, 0.5) is 0 Å². The van der Waals surface area contributed by atoms with Crippen LogP contribution < -0.4 is 4.74 Å². The molecule has 20 heavy (non-hydrogen) atoms. The van der Waals surface area contributed by atoms with Crippen molar-refractivity contribution in [3.05, 3.63) is 53.2 Å². The highest BCUT2D eigenvalue weighted by Gasteiger charge is 2.20. The number of nitrogens with zero attached hydrogens (tertiary/aromatic N) is 1. The molecule has 1 aromatic heterocycles. The van der Waals surface area contributed by atoms with E-state index in [1.807, 2.05) is 43.3 Å². The molecule has 1 heterocycles. The molecule has 0 fully saturated rings. The first-order valence-electron chi connectivity index (χ1n) is 6.96. The molecule has 1 aromatic carbocycles. The van der Waals surface area contributed by atoms with Gasteiger partial charge in [0.2, 0.25) is 5.88 Å². The van der Waals surface area contributed by atoms with Crippen LogP contribution in [-0.2, 0) is 11.2 Å². The second kappa shape index (κ2) is 5.45. The zero-order valence-corrected chi connectivity index (χ0v) is 11.5. The van der Waals surface area contributed by atoms with Crippen LogP contribution in [0.3, 0.4) is 0 Å². The molecule has 1 aliphatic carbocycles. The zero-order valence-electron chi connectivity index (χ0n) is 11.5. The normalized spacial score (nSPS) is 17.4. The predicted molar refractivity (Wildman–Crippen MR) is 77.2 cm³/mol. The molecule has 3 rings (SSSR count). The number of aryl methyl sites for hydroxylation is 2. The number of benzene rings is 1. The van der Waals surface area contributed by atoms with Gasteiger partial charge >= 0.3 is 0 Å². The highest BCUT2D eigenvalue weighted by molar-refractivity contribution is 5.64. The van der Waals surface area contributed by atoms with E-state index in [9.17, 15) is 4.79 Å². The molecule has 0 bridgehead atoms. The minimum Gasteiger partial charge on any atom is -0.439 e. The summed E-state index contributed by atoms with van der Waals surface area (Å²) in [5.74, 6) is 1.44. The second-order valence-corrected chi connectivity index (χ2v) is 5.21. The van der Waals surface area contributed by atoms with Crippen molar-refractivity contribution < 1.29 is 9.53 Å². The maximum Gasteiger partial charge on any atom is 0.219 e. The minimum absolute atomic E-state index is 0.0462. The van der Waals surface area contributed by atoms with Crippen molar-refractivity contribution in [2.45, 2.75) is 32.1 Å². The van der Waals surface area contributed by atoms with Crippen LogP contribution in [0.2, 0.25) is 0 Å². The molecule has 0 N–H and O–H groups in total. The highest BCUT2D eigenvalue weighted by atomic mass is 16.5. The molecule has 3 heteroatoms. The van der Waals surface area contributed by atoms with E-state index in [4.69, 9.17) is 4.74 Å². The summed E-state index contributed by atoms with van der Waals surface area (Å²) < 4.78 is 5.79. The Labute approximate surface area is 118 Å². The Kier molecular flexibility index (Phi) is 3.50. The van der Waals surface area contributed by atoms with Gasteiger partial charge in [-0.15, -0.1) is 0 Å². The summed E-state index contributed by atoms with van der Waals surface area (Å²) in [5.41, 5.74) is 3.30. The van der Waals surface area contributed by atoms with Crippen molar-refractivity contribution in [2.24, 2.45) is 0 Å². The average molecular weight is 267 g/mol. The Balaban J connectivity index is 1.87. The van der Waals surface area contributed by atoms with Crippen LogP contribution in [0.15, 0.2) is 36.4 Å². The highest BCUT2D eigenvalue weighted by Crippen LogP contribution is 2.33. The molecular formula is C17H17NO2. The Hall–Kier alpha value is -2.16. The van der Waals surface area contributed by atoms with E-state index in [-0.39, 0.29) is 5.92 Å². The van der Waals surface area contributed by atoms with Gasteiger partial charge in [0.05, 0.1) is 0 Å². The second-order valence-electron chi connectivity index (χ2n) is 5.21. The van der Waals surface area contributed by atoms with Gasteiger partial charge in [0.25, 0.3) is 0 Å². The van der Waals surface area contributed by atoms with E-state index < -0.39 is 0 Å². The van der Waals surface area contributed by atoms with Crippen molar-refractivity contribution in [2.75, 3.05) is 0 Å². The summed E-state index contributed by atoms with van der Waals surface area (Å²) in [5, 5.41) is 0. The summed E-state index contributed by atoms with van der Waals surface area (Å²) in [4.78, 5) is 15.4. The SMILES string of the molecule is Cc1cccc(Oc2ccc3c(c2)CCCC3C=O)n1. The number of pyridine rings is 1. The first-order valence-corrected chi connectivity index (χ1v) is 6.96. The Bertz CT molecular complexity index is 637. The van der Waals surface area contributed by atoms with Crippen LogP contribution >= 0.6 is 0 Å². The number of fused-ring (bicyclic) bond motifs is 1. The van der Waals surface area contributed by atoms with Crippen LogP contribution in [0.5, 0.6) is 11.6 Å². The number of aldehydes is 1. The van der Waals surface area contributed by atoms with Crippen LogP contribution in [0, 0.1) is 6.92 Å². The molecule has 1 unspecified atom stereocenters. The lowest BCUT2D eigenvalue weighted by molar-refractivity contribution is -0.109. The molecule has 1 aliphatic rings. The quantitative estimate of drug-likeness (QED) is 0.794. The average Bonchev–Trinajstić information content (AvgIpc) is 2.46. The topological polar surface area (TPSA) is 39.2 Å². The summed E-state index contributed by atoms with van der Waals surface area (Å²) >= 11 is 0. The van der Waals surface area contributed by atoms with E-state index in [2.05, 4.69) is 4.98 Å². The van der Waals surface area contributed by atoms with Crippen molar-refractivity contribution >= 4 is 6.29 Å². The number of hydrogen-bond donors (Lipinski definition) is 0. The molecule has 1 atom stereocenters. The molecule has 3 nitrogen and oxygen atoms in total. The summed E-state index contributed by atoms with van der Waals surface area (Å²) in [6.45, 7) is 1.94. The molecule has 0 spiro atoms. The molecule has 0 radical (unpaired) electrons. The third kappa shape index (κ3) is 2.57. The predicted octanol–water partition coefficient (Wildman–Crippen LogP) is 3.80. The van der Waals surface area contributed by atoms with Gasteiger partial charge in [0.1, 0.15) is 12.0 Å². The van der Waals surface area contributed by atoms with Gasteiger partial charge in [-0.3, -0.25) is 0 Å². The largest absolute Gasteiger partial charge is 0.439 e. The zero-order chi connectivity index (χ0) is 13.9. The number of carbonyl (C=O) groups excluding carboxylic acids is 1. The Morgan fingerprint density at radius 2 is 2.20 bits per heavy atom. The van der Waals surface area contributed by atoms with E-state index in [1.54, 1.807) is 0 Å². The minimum atomic E-state index is 0.0462. The van der Waals surface area contributed by atoms with Crippen LogP contribution in [0.25, 0.3) is 0 Å². The number of hydrogen-bond acceptors (Lipinski definition) is 3. The van der Waals surface area contributed by atoms with Crippen LogP contribution in [-0.4, -0.2) is 11.3 Å². The number of ether oxygens (including phenoxy) is 1. The fourth-order valence-electron chi connectivity index (χ4n) is 2.73. The van der Waals surface area contributed by atoms with Crippen molar-refractivity contribution in [1.29, 1.82) is 0 Å². The molecule has 0 saturated carbocycles. The van der Waals surface area contributed by atoms with Gasteiger partial charge in [-0.05, 0) is 55.5 Å². The molecule has 0 aliphatic heterocycles. The summed E-state index contributed by atoms with van der Waals surface area (Å²) in [6, 6.07) is 11.7. The smallest absolute Gasteiger partial charge is 0.219 e. The summed E-state index contributed by atoms with van der Waals surface area (Å²) in [6.07, 6.45) is 4.08. The van der Waals surface area contributed by atoms with Gasteiger partial charge in [-0.25, -0.2) is 4.98 Å². The monoisotopic (exact) mass is 267 g/mol. The molecule has 102 valence electrons. The van der Waals surface area contributed by atoms with E-state index in [0.29, 0.717) is 5.88 Å². The van der Waals surface area contributed by atoms with E-state index >= 15 is 0 Å². The first kappa shape index (κ1) is 12.9. The third-order valence-electron chi connectivity index (χ3n) is 3.72. The number of rotatable bonds is 3. The fourth-order valence-corrected chi connectivity index (χ4v) is 2.73. The van der Waals surface area contributed by atoms with Gasteiger partial charge < -0.3 is 9.53 Å². The van der Waals surface area contributed by atoms with Gasteiger partial charge in [-0.2, -0.15) is 0 Å². The van der Waals surface area contributed by atoms with Crippen molar-refractivity contribution in [1.82, 2.24) is 4.98 Å². The van der Waals surface area contributed by atoms with Crippen LogP contribution in [0.1, 0.15) is 35.6 Å². The van der Waals surface area contributed by atoms with Crippen molar-refractivity contribution in [3.63, 3.8) is 0 Å². The molecular weight excluding hydrogens is 250 g/mol. The molecule has 0 amide bonds. The van der Waals surface area contributed by atoms with Gasteiger partial charge in [-0.1, -0.05) is 12.1 Å². The third-order valence-corrected chi connectivity index (χ3v) is 3.72. The van der Waals surface area contributed by atoms with Gasteiger partial charge in [0, 0.05) is 17.7 Å². The lowest BCUT2D eigenvalue weighted by Gasteiger charge is -2.21. The fraction of sp³-hybridized carbons (Fsp3) is 0.294.